The van der Waals surface area contributed by atoms with Crippen molar-refractivity contribution < 1.29 is 0 Å². The zero-order chi connectivity index (χ0) is 11.8. The molecule has 1 aromatic rings. The van der Waals surface area contributed by atoms with Crippen LogP contribution in [0.1, 0.15) is 19.8 Å². The predicted octanol–water partition coefficient (Wildman–Crippen LogP) is 2.82. The van der Waals surface area contributed by atoms with Gasteiger partial charge in [-0.1, -0.05) is 24.9 Å². The molecule has 1 aliphatic heterocycles. The Bertz CT molecular complexity index is 391. The molecule has 1 aliphatic rings. The molecule has 2 N–H and O–H groups in total. The molecule has 0 radical (unpaired) electrons. The number of aromatic nitrogens is 1. The fraction of sp³-hybridized carbons (Fsp3) is 0.545. The maximum Gasteiger partial charge on any atom is 0.147 e. The van der Waals surface area contributed by atoms with Crippen molar-refractivity contribution in [2.75, 3.05) is 18.0 Å². The monoisotopic (exact) mass is 303 g/mol. The minimum Gasteiger partial charge on any atom is -0.352 e. The van der Waals surface area contributed by atoms with E-state index < -0.39 is 0 Å². The van der Waals surface area contributed by atoms with Gasteiger partial charge in [-0.3, -0.25) is 0 Å². The third-order valence-corrected chi connectivity index (χ3v) is 3.56. The van der Waals surface area contributed by atoms with E-state index in [-0.39, 0.29) is 5.54 Å². The number of hydrogen-bond acceptors (Lipinski definition) is 3. The zero-order valence-corrected chi connectivity index (χ0v) is 11.6. The van der Waals surface area contributed by atoms with Crippen LogP contribution in [0.15, 0.2) is 16.7 Å². The average molecular weight is 305 g/mol. The average Bonchev–Trinajstić information content (AvgIpc) is 2.14. The van der Waals surface area contributed by atoms with E-state index in [9.17, 15) is 0 Å². The molecule has 2 rings (SSSR count). The minimum absolute atomic E-state index is 0.0488. The van der Waals surface area contributed by atoms with Crippen LogP contribution in [0, 0.1) is 0 Å². The van der Waals surface area contributed by atoms with E-state index in [0.717, 1.165) is 36.2 Å². The van der Waals surface area contributed by atoms with Crippen LogP contribution >= 0.6 is 27.5 Å². The van der Waals surface area contributed by atoms with Gasteiger partial charge in [0.25, 0.3) is 0 Å². The van der Waals surface area contributed by atoms with E-state index in [0.29, 0.717) is 5.02 Å². The van der Waals surface area contributed by atoms with Gasteiger partial charge >= 0.3 is 0 Å². The highest BCUT2D eigenvalue weighted by Crippen LogP contribution is 2.33. The summed E-state index contributed by atoms with van der Waals surface area (Å²) < 4.78 is 0.898. The van der Waals surface area contributed by atoms with Crippen LogP contribution in [-0.4, -0.2) is 23.6 Å². The molecular formula is C11H15BrClN3. The Morgan fingerprint density at radius 2 is 2.31 bits per heavy atom. The summed E-state index contributed by atoms with van der Waals surface area (Å²) >= 11 is 9.47. The summed E-state index contributed by atoms with van der Waals surface area (Å²) in [5, 5.41) is 0.674. The van der Waals surface area contributed by atoms with Gasteiger partial charge in [0.2, 0.25) is 0 Å². The second-order valence-electron chi connectivity index (χ2n) is 4.43. The summed E-state index contributed by atoms with van der Waals surface area (Å²) in [4.78, 5) is 6.45. The first kappa shape index (κ1) is 12.1. The fourth-order valence-corrected chi connectivity index (χ4v) is 2.91. The first-order valence-corrected chi connectivity index (χ1v) is 6.56. The first-order valence-electron chi connectivity index (χ1n) is 5.39. The van der Waals surface area contributed by atoms with Crippen LogP contribution in [0.25, 0.3) is 0 Å². The molecule has 5 heteroatoms. The second-order valence-corrected chi connectivity index (χ2v) is 5.75. The molecule has 0 aliphatic carbocycles. The van der Waals surface area contributed by atoms with Gasteiger partial charge in [0.1, 0.15) is 5.82 Å². The van der Waals surface area contributed by atoms with Crippen LogP contribution in [0.2, 0.25) is 5.02 Å². The molecule has 0 saturated carbocycles. The molecule has 16 heavy (non-hydrogen) atoms. The molecule has 0 spiro atoms. The maximum atomic E-state index is 6.20. The van der Waals surface area contributed by atoms with Crippen molar-refractivity contribution in [1.82, 2.24) is 4.98 Å². The van der Waals surface area contributed by atoms with Gasteiger partial charge in [0.05, 0.1) is 10.6 Å². The number of nitrogens with two attached hydrogens (primary N) is 1. The quantitative estimate of drug-likeness (QED) is 0.933. The standard InChI is InChI=1S/C11H15BrClN3/c1-2-3-11(14)6-16(7-11)10-9(13)4-8(12)5-15-10/h4-5H,2-3,6-7,14H2,1H3. The molecule has 2 heterocycles. The lowest BCUT2D eigenvalue weighted by Crippen LogP contribution is -2.67. The molecule has 1 saturated heterocycles. The van der Waals surface area contributed by atoms with E-state index >= 15 is 0 Å². The molecule has 0 amide bonds. The molecule has 88 valence electrons. The lowest BCUT2D eigenvalue weighted by Gasteiger charge is -2.48. The number of halogens is 2. The minimum atomic E-state index is -0.0488. The van der Waals surface area contributed by atoms with Gasteiger partial charge < -0.3 is 10.6 Å². The van der Waals surface area contributed by atoms with Gasteiger partial charge in [-0.05, 0) is 28.4 Å². The Kier molecular flexibility index (Phi) is 3.42. The summed E-state index contributed by atoms with van der Waals surface area (Å²) in [5.74, 6) is 0.835. The van der Waals surface area contributed by atoms with Crippen LogP contribution in [0.4, 0.5) is 5.82 Å². The van der Waals surface area contributed by atoms with Crippen LogP contribution in [0.5, 0.6) is 0 Å². The second kappa shape index (κ2) is 4.51. The summed E-state index contributed by atoms with van der Waals surface area (Å²) in [5.41, 5.74) is 6.15. The first-order chi connectivity index (χ1) is 7.54. The molecule has 0 bridgehead atoms. The van der Waals surface area contributed by atoms with Crippen molar-refractivity contribution in [3.63, 3.8) is 0 Å². The van der Waals surface area contributed by atoms with Gasteiger partial charge in [-0.2, -0.15) is 0 Å². The third-order valence-electron chi connectivity index (χ3n) is 2.85. The Balaban J connectivity index is 2.06. The largest absolute Gasteiger partial charge is 0.352 e. The number of anilines is 1. The van der Waals surface area contributed by atoms with Gasteiger partial charge in [0, 0.05) is 23.8 Å². The third kappa shape index (κ3) is 2.34. The number of pyridine rings is 1. The van der Waals surface area contributed by atoms with Crippen LogP contribution in [-0.2, 0) is 0 Å². The van der Waals surface area contributed by atoms with E-state index in [1.54, 1.807) is 6.20 Å². The van der Waals surface area contributed by atoms with Gasteiger partial charge in [-0.15, -0.1) is 0 Å². The highest BCUT2D eigenvalue weighted by atomic mass is 79.9. The summed E-state index contributed by atoms with van der Waals surface area (Å²) in [6, 6.07) is 1.86. The van der Waals surface area contributed by atoms with E-state index in [1.807, 2.05) is 6.07 Å². The van der Waals surface area contributed by atoms with E-state index in [2.05, 4.69) is 32.7 Å². The number of rotatable bonds is 3. The van der Waals surface area contributed by atoms with Crippen molar-refractivity contribution in [2.24, 2.45) is 5.73 Å². The Morgan fingerprint density at radius 1 is 1.62 bits per heavy atom. The predicted molar refractivity (Wildman–Crippen MR) is 71.0 cm³/mol. The highest BCUT2D eigenvalue weighted by Gasteiger charge is 2.39. The van der Waals surface area contributed by atoms with Crippen molar-refractivity contribution >= 4 is 33.3 Å². The topological polar surface area (TPSA) is 42.1 Å². The van der Waals surface area contributed by atoms with Crippen molar-refractivity contribution in [3.8, 4) is 0 Å². The van der Waals surface area contributed by atoms with Gasteiger partial charge in [0.15, 0.2) is 0 Å². The zero-order valence-electron chi connectivity index (χ0n) is 9.21. The molecule has 0 unspecified atom stereocenters. The number of hydrogen-bond donors (Lipinski definition) is 1. The SMILES string of the molecule is CCCC1(N)CN(c2ncc(Br)cc2Cl)C1. The molecule has 1 fully saturated rings. The Morgan fingerprint density at radius 3 is 2.88 bits per heavy atom. The van der Waals surface area contributed by atoms with Crippen molar-refractivity contribution in [3.05, 3.63) is 21.8 Å². The van der Waals surface area contributed by atoms with Crippen LogP contribution < -0.4 is 10.6 Å². The van der Waals surface area contributed by atoms with E-state index in [4.69, 9.17) is 17.3 Å². The smallest absolute Gasteiger partial charge is 0.147 e. The number of nitrogens with zero attached hydrogens (tertiary/aromatic N) is 2. The summed E-state index contributed by atoms with van der Waals surface area (Å²) in [6.07, 6.45) is 3.93. The summed E-state index contributed by atoms with van der Waals surface area (Å²) in [6.45, 7) is 3.84. The lowest BCUT2D eigenvalue weighted by atomic mass is 9.86. The van der Waals surface area contributed by atoms with E-state index in [1.165, 1.54) is 0 Å². The normalized spacial score (nSPS) is 18.4. The maximum absolute atomic E-state index is 6.20. The van der Waals surface area contributed by atoms with Crippen LogP contribution in [0.3, 0.4) is 0 Å². The van der Waals surface area contributed by atoms with Crippen molar-refractivity contribution in [2.45, 2.75) is 25.3 Å². The lowest BCUT2D eigenvalue weighted by molar-refractivity contribution is 0.306. The molecular weight excluding hydrogens is 289 g/mol. The molecule has 0 aromatic carbocycles. The molecule has 1 aromatic heterocycles. The van der Waals surface area contributed by atoms with Gasteiger partial charge in [-0.25, -0.2) is 4.98 Å². The highest BCUT2D eigenvalue weighted by molar-refractivity contribution is 9.10. The molecule has 3 nitrogen and oxygen atoms in total. The molecule has 0 atom stereocenters. The summed E-state index contributed by atoms with van der Waals surface area (Å²) in [7, 11) is 0. The van der Waals surface area contributed by atoms with Crippen molar-refractivity contribution in [1.29, 1.82) is 0 Å². The Labute approximate surface area is 109 Å². The Hall–Kier alpha value is -0.320. The fourth-order valence-electron chi connectivity index (χ4n) is 2.16.